The van der Waals surface area contributed by atoms with Gasteiger partial charge in [0.1, 0.15) is 0 Å². The summed E-state index contributed by atoms with van der Waals surface area (Å²) in [5, 5.41) is 6.88. The molecule has 204 valence electrons. The van der Waals surface area contributed by atoms with Crippen molar-refractivity contribution in [2.45, 2.75) is 38.4 Å². The summed E-state index contributed by atoms with van der Waals surface area (Å²) < 4.78 is 26.4. The molecule has 5 N–H and O–H groups in total. The number of H-pyrrole nitrogens is 1. The molecule has 38 heavy (non-hydrogen) atoms. The maximum absolute atomic E-state index is 13.2. The normalized spacial score (nSPS) is 21.6. The maximum atomic E-state index is 13.2. The summed E-state index contributed by atoms with van der Waals surface area (Å²) in [5.74, 6) is -0.554. The molecule has 1 unspecified atom stereocenters. The molecule has 1 atom stereocenters. The van der Waals surface area contributed by atoms with Gasteiger partial charge >= 0.3 is 0 Å². The fourth-order valence-electron chi connectivity index (χ4n) is 4.69. The number of hydrogen-bond acceptors (Lipinski definition) is 7. The van der Waals surface area contributed by atoms with E-state index in [0.29, 0.717) is 41.2 Å². The Labute approximate surface area is 223 Å². The highest BCUT2D eigenvalue weighted by Crippen LogP contribution is 2.23. The summed E-state index contributed by atoms with van der Waals surface area (Å²) in [4.78, 5) is 29.0. The first-order chi connectivity index (χ1) is 18.2. The Morgan fingerprint density at radius 2 is 2.11 bits per heavy atom. The van der Waals surface area contributed by atoms with Crippen LogP contribution in [0.2, 0.25) is 0 Å². The van der Waals surface area contributed by atoms with Crippen LogP contribution >= 0.6 is 0 Å². The van der Waals surface area contributed by atoms with Gasteiger partial charge in [0, 0.05) is 49.3 Å². The molecule has 0 spiro atoms. The fraction of sp³-hybridized carbons (Fsp3) is 0.407. The number of aromatic amines is 1. The number of nitrogens with zero attached hydrogens (tertiary/aromatic N) is 1. The van der Waals surface area contributed by atoms with Gasteiger partial charge in [-0.2, -0.15) is 5.53 Å². The van der Waals surface area contributed by atoms with Gasteiger partial charge in [-0.1, -0.05) is 42.0 Å². The average molecular weight is 541 g/mol. The second kappa shape index (κ2) is 12.5. The smallest absolute Gasteiger partial charge is 0.255 e. The van der Waals surface area contributed by atoms with Crippen LogP contribution in [0.1, 0.15) is 46.6 Å². The summed E-state index contributed by atoms with van der Waals surface area (Å²) in [7, 11) is -3.47. The minimum atomic E-state index is -3.47. The van der Waals surface area contributed by atoms with Crippen molar-refractivity contribution in [1.29, 1.82) is 0 Å². The van der Waals surface area contributed by atoms with Crippen molar-refractivity contribution < 1.29 is 18.0 Å². The van der Waals surface area contributed by atoms with E-state index in [0.717, 1.165) is 31.5 Å². The minimum Gasteiger partial charge on any atom is -0.358 e. The van der Waals surface area contributed by atoms with E-state index in [1.807, 2.05) is 37.1 Å². The number of rotatable bonds is 8. The number of allylic oxidation sites excluding steroid dienone is 4. The molecule has 3 heterocycles. The number of hydrogen-bond donors (Lipinski definition) is 5. The van der Waals surface area contributed by atoms with Crippen LogP contribution in [0, 0.1) is 13.8 Å². The minimum absolute atomic E-state index is 0.00164. The summed E-state index contributed by atoms with van der Waals surface area (Å²) in [6.07, 6.45) is 15.6. The molecule has 10 nitrogen and oxygen atoms in total. The van der Waals surface area contributed by atoms with Gasteiger partial charge in [0.15, 0.2) is 9.84 Å². The van der Waals surface area contributed by atoms with Crippen molar-refractivity contribution in [1.82, 2.24) is 31.6 Å². The second-order valence-corrected chi connectivity index (χ2v) is 11.9. The molecule has 1 aromatic rings. The van der Waals surface area contributed by atoms with Crippen LogP contribution in [0.5, 0.6) is 0 Å². The van der Waals surface area contributed by atoms with Crippen LogP contribution in [0.4, 0.5) is 0 Å². The van der Waals surface area contributed by atoms with Gasteiger partial charge in [0.25, 0.3) is 11.8 Å². The predicted octanol–water partition coefficient (Wildman–Crippen LogP) is 1.72. The Morgan fingerprint density at radius 3 is 2.84 bits per heavy atom. The molecule has 1 aliphatic carbocycles. The molecule has 4 rings (SSSR count). The number of hydrazine groups is 2. The Hall–Kier alpha value is -3.25. The lowest BCUT2D eigenvalue weighted by atomic mass is 10.1. The third-order valence-electron chi connectivity index (χ3n) is 6.82. The van der Waals surface area contributed by atoms with Crippen LogP contribution in [0.25, 0.3) is 6.08 Å². The second-order valence-electron chi connectivity index (χ2n) is 9.65. The number of amides is 2. The quantitative estimate of drug-likeness (QED) is 0.317. The molecule has 2 aliphatic heterocycles. The maximum Gasteiger partial charge on any atom is 0.255 e. The number of aryl methyl sites for hydroxylation is 1. The van der Waals surface area contributed by atoms with Crippen molar-refractivity contribution in [2.24, 2.45) is 0 Å². The molecular weight excluding hydrogens is 504 g/mol. The zero-order valence-electron chi connectivity index (χ0n) is 21.8. The largest absolute Gasteiger partial charge is 0.358 e. The number of sulfone groups is 1. The van der Waals surface area contributed by atoms with E-state index in [4.69, 9.17) is 0 Å². The Kier molecular flexibility index (Phi) is 9.16. The predicted molar refractivity (Wildman–Crippen MR) is 148 cm³/mol. The summed E-state index contributed by atoms with van der Waals surface area (Å²) in [6.45, 7) is 6.49. The van der Waals surface area contributed by atoms with Crippen LogP contribution < -0.4 is 21.6 Å². The highest BCUT2D eigenvalue weighted by Gasteiger charge is 2.25. The van der Waals surface area contributed by atoms with Gasteiger partial charge < -0.3 is 15.6 Å². The van der Waals surface area contributed by atoms with Crippen LogP contribution in [0.15, 0.2) is 53.8 Å². The van der Waals surface area contributed by atoms with Crippen molar-refractivity contribution in [2.75, 3.05) is 31.9 Å². The van der Waals surface area contributed by atoms with E-state index in [1.54, 1.807) is 24.3 Å². The molecule has 0 saturated carbocycles. The van der Waals surface area contributed by atoms with Gasteiger partial charge in [-0.15, -0.1) is 0 Å². The van der Waals surface area contributed by atoms with Crippen LogP contribution in [0.3, 0.4) is 0 Å². The van der Waals surface area contributed by atoms with E-state index in [1.165, 1.54) is 6.20 Å². The number of nitrogens with one attached hydrogen (secondary N) is 5. The van der Waals surface area contributed by atoms with Crippen molar-refractivity contribution >= 4 is 27.7 Å². The Morgan fingerprint density at radius 1 is 1.26 bits per heavy atom. The lowest BCUT2D eigenvalue weighted by Gasteiger charge is -2.15. The SMILES string of the molecule is Cc1[nH]c(C=C2C=CC(S(=O)(=O)CC3=CC=CCC3)CC=CNC2=O)c(C)c1C(=O)NCCN1CCNN1. The third kappa shape index (κ3) is 6.98. The fourth-order valence-corrected chi connectivity index (χ4v) is 6.39. The van der Waals surface area contributed by atoms with Gasteiger partial charge in [-0.25, -0.2) is 18.9 Å². The zero-order valence-corrected chi connectivity index (χ0v) is 22.7. The first kappa shape index (κ1) is 27.8. The Balaban J connectivity index is 1.52. The van der Waals surface area contributed by atoms with Gasteiger partial charge in [-0.05, 0) is 44.7 Å². The molecule has 0 bridgehead atoms. The van der Waals surface area contributed by atoms with E-state index >= 15 is 0 Å². The molecule has 1 saturated heterocycles. The van der Waals surface area contributed by atoms with Gasteiger partial charge in [-0.3, -0.25) is 9.59 Å². The first-order valence-electron chi connectivity index (χ1n) is 12.9. The van der Waals surface area contributed by atoms with Crippen molar-refractivity contribution in [3.05, 3.63) is 76.3 Å². The number of aromatic nitrogens is 1. The molecule has 0 radical (unpaired) electrons. The molecule has 3 aliphatic rings. The molecule has 1 aromatic heterocycles. The molecule has 1 fully saturated rings. The van der Waals surface area contributed by atoms with Crippen LogP contribution in [-0.2, 0) is 14.6 Å². The summed E-state index contributed by atoms with van der Waals surface area (Å²) >= 11 is 0. The molecule has 0 aromatic carbocycles. The molecular formula is C27H36N6O4S. The number of carbonyl (C=O) groups excluding carboxylic acids is 2. The van der Waals surface area contributed by atoms with E-state index in [-0.39, 0.29) is 24.0 Å². The van der Waals surface area contributed by atoms with Gasteiger partial charge in [0.2, 0.25) is 0 Å². The number of carbonyl (C=O) groups is 2. The first-order valence-corrected chi connectivity index (χ1v) is 14.6. The lowest BCUT2D eigenvalue weighted by molar-refractivity contribution is -0.116. The monoisotopic (exact) mass is 540 g/mol. The topological polar surface area (TPSA) is 135 Å². The molecule has 11 heteroatoms. The van der Waals surface area contributed by atoms with Crippen LogP contribution in [-0.4, -0.2) is 67.4 Å². The standard InChI is InChI=1S/C27H36N6O4S/c1-19-24(31-20(2)25(19)27(35)29-13-15-33-16-14-30-32-33)17-22-10-11-23(9-6-12-28-26(22)34)38(36,37)18-21-7-4-3-5-8-21/h3-4,6-7,10-12,17,23,30-32H,5,8-9,13-16,18H2,1-2H3,(H,28,34)(H,29,35). The zero-order chi connectivity index (χ0) is 27.1. The molecule has 2 amide bonds. The lowest BCUT2D eigenvalue weighted by Crippen LogP contribution is -2.41. The average Bonchev–Trinajstić information content (AvgIpc) is 3.51. The van der Waals surface area contributed by atoms with Crippen molar-refractivity contribution in [3.8, 4) is 0 Å². The van der Waals surface area contributed by atoms with E-state index in [9.17, 15) is 18.0 Å². The van der Waals surface area contributed by atoms with Crippen molar-refractivity contribution in [3.63, 3.8) is 0 Å². The highest BCUT2D eigenvalue weighted by atomic mass is 32.2. The van der Waals surface area contributed by atoms with Gasteiger partial charge in [0.05, 0.1) is 16.6 Å². The Bertz CT molecular complexity index is 1310. The van der Waals surface area contributed by atoms with E-state index < -0.39 is 15.1 Å². The third-order valence-corrected chi connectivity index (χ3v) is 8.86. The summed E-state index contributed by atoms with van der Waals surface area (Å²) in [5.41, 5.74) is 9.78. The summed E-state index contributed by atoms with van der Waals surface area (Å²) in [6, 6.07) is 0. The van der Waals surface area contributed by atoms with E-state index in [2.05, 4.69) is 26.6 Å². The highest BCUT2D eigenvalue weighted by molar-refractivity contribution is 7.92.